The molecule has 0 unspecified atom stereocenters. The number of nitrogens with zero attached hydrogens (tertiary/aromatic N) is 1. The van der Waals surface area contributed by atoms with Gasteiger partial charge in [0.05, 0.1) is 12.0 Å². The molecule has 0 aromatic carbocycles. The molecule has 0 radical (unpaired) electrons. The van der Waals surface area contributed by atoms with E-state index in [0.717, 1.165) is 11.5 Å². The van der Waals surface area contributed by atoms with Crippen LogP contribution in [0.2, 0.25) is 0 Å². The largest absolute Gasteiger partial charge is 0.466 e. The van der Waals surface area contributed by atoms with Gasteiger partial charge in [-0.2, -0.15) is 0 Å². The summed E-state index contributed by atoms with van der Waals surface area (Å²) in [6.07, 6.45) is 0. The van der Waals surface area contributed by atoms with E-state index in [2.05, 4.69) is 10.6 Å². The zero-order chi connectivity index (χ0) is 14.7. The highest BCUT2D eigenvalue weighted by molar-refractivity contribution is 5.76. The van der Waals surface area contributed by atoms with Gasteiger partial charge < -0.3 is 20.0 Å². The van der Waals surface area contributed by atoms with Gasteiger partial charge in [-0.3, -0.25) is 4.79 Å². The molecule has 1 fully saturated rings. The minimum atomic E-state index is -0.111. The van der Waals surface area contributed by atoms with Crippen LogP contribution in [0.15, 0.2) is 16.5 Å². The van der Waals surface area contributed by atoms with E-state index in [1.807, 2.05) is 26.0 Å². The molecule has 0 aliphatic carbocycles. The fourth-order valence-corrected chi connectivity index (χ4v) is 2.58. The molecule has 1 aromatic heterocycles. The van der Waals surface area contributed by atoms with Crippen LogP contribution < -0.4 is 10.6 Å². The zero-order valence-corrected chi connectivity index (χ0v) is 12.1. The molecule has 2 atom stereocenters. The highest BCUT2D eigenvalue weighted by Crippen LogP contribution is 2.29. The van der Waals surface area contributed by atoms with Crippen LogP contribution in [0.4, 0.5) is 4.79 Å². The van der Waals surface area contributed by atoms with Crippen molar-refractivity contribution >= 4 is 11.9 Å². The lowest BCUT2D eigenvalue weighted by atomic mass is 10.0. The third-order valence-corrected chi connectivity index (χ3v) is 3.45. The summed E-state index contributed by atoms with van der Waals surface area (Å²) in [6.45, 7) is 6.88. The lowest BCUT2D eigenvalue weighted by Gasteiger charge is -2.17. The third kappa shape index (κ3) is 3.12. The van der Waals surface area contributed by atoms with Crippen LogP contribution in [0.5, 0.6) is 0 Å². The van der Waals surface area contributed by atoms with Gasteiger partial charge in [0.2, 0.25) is 5.91 Å². The first-order valence-electron chi connectivity index (χ1n) is 6.87. The predicted molar refractivity (Wildman–Crippen MR) is 74.4 cm³/mol. The summed E-state index contributed by atoms with van der Waals surface area (Å²) in [5.41, 5.74) is 0. The summed E-state index contributed by atoms with van der Waals surface area (Å²) in [5.74, 6) is 1.54. The highest BCUT2D eigenvalue weighted by atomic mass is 16.3. The molecule has 110 valence electrons. The topological polar surface area (TPSA) is 74.6 Å². The molecule has 0 bridgehead atoms. The van der Waals surface area contributed by atoms with Gasteiger partial charge in [0.15, 0.2) is 0 Å². The van der Waals surface area contributed by atoms with Crippen LogP contribution in [-0.4, -0.2) is 42.5 Å². The monoisotopic (exact) mass is 279 g/mol. The van der Waals surface area contributed by atoms with Crippen LogP contribution in [-0.2, 0) is 4.79 Å². The molecule has 0 saturated carbocycles. The molecule has 1 aliphatic heterocycles. The number of aryl methyl sites for hydroxylation is 1. The maximum atomic E-state index is 11.9. The van der Waals surface area contributed by atoms with Crippen LogP contribution in [0.3, 0.4) is 0 Å². The summed E-state index contributed by atoms with van der Waals surface area (Å²) in [6, 6.07) is 3.60. The summed E-state index contributed by atoms with van der Waals surface area (Å²) in [5, 5.41) is 5.69. The summed E-state index contributed by atoms with van der Waals surface area (Å²) in [7, 11) is 0. The maximum absolute atomic E-state index is 11.9. The molecule has 2 heterocycles. The van der Waals surface area contributed by atoms with Crippen molar-refractivity contribution in [3.8, 4) is 0 Å². The number of hydrogen-bond acceptors (Lipinski definition) is 3. The Hall–Kier alpha value is -1.98. The van der Waals surface area contributed by atoms with Gasteiger partial charge in [0.1, 0.15) is 11.5 Å². The van der Waals surface area contributed by atoms with E-state index in [1.165, 1.54) is 6.92 Å². The van der Waals surface area contributed by atoms with Gasteiger partial charge in [-0.05, 0) is 26.0 Å². The van der Waals surface area contributed by atoms with Gasteiger partial charge in [-0.15, -0.1) is 0 Å². The maximum Gasteiger partial charge on any atom is 0.317 e. The van der Waals surface area contributed by atoms with Gasteiger partial charge in [0, 0.05) is 26.6 Å². The Bertz CT molecular complexity index is 498. The number of urea groups is 1. The number of furan rings is 1. The Balaban J connectivity index is 2.14. The number of carbonyl (C=O) groups excluding carboxylic acids is 2. The number of hydrogen-bond donors (Lipinski definition) is 2. The smallest absolute Gasteiger partial charge is 0.317 e. The van der Waals surface area contributed by atoms with Crippen LogP contribution in [0, 0.1) is 6.92 Å². The fourth-order valence-electron chi connectivity index (χ4n) is 2.58. The lowest BCUT2D eigenvalue weighted by Crippen LogP contribution is -2.42. The molecule has 2 rings (SSSR count). The highest BCUT2D eigenvalue weighted by Gasteiger charge is 2.38. The minimum Gasteiger partial charge on any atom is -0.466 e. The molecule has 1 aromatic rings. The first kappa shape index (κ1) is 14.4. The van der Waals surface area contributed by atoms with Gasteiger partial charge in [-0.1, -0.05) is 0 Å². The summed E-state index contributed by atoms with van der Waals surface area (Å²) < 4.78 is 5.66. The van der Waals surface area contributed by atoms with Crippen molar-refractivity contribution in [2.75, 3.05) is 19.6 Å². The molecule has 0 spiro atoms. The minimum absolute atomic E-state index is 0.00444. The van der Waals surface area contributed by atoms with Gasteiger partial charge in [-0.25, -0.2) is 4.79 Å². The molecule has 1 aliphatic rings. The molecule has 6 nitrogen and oxygen atoms in total. The lowest BCUT2D eigenvalue weighted by molar-refractivity contribution is -0.119. The van der Waals surface area contributed by atoms with Crippen molar-refractivity contribution in [3.63, 3.8) is 0 Å². The van der Waals surface area contributed by atoms with Crippen molar-refractivity contribution in [2.45, 2.75) is 32.7 Å². The Labute approximate surface area is 118 Å². The Morgan fingerprint density at radius 1 is 1.40 bits per heavy atom. The van der Waals surface area contributed by atoms with Crippen molar-refractivity contribution in [1.29, 1.82) is 0 Å². The SMILES string of the molecule is CCNC(=O)N1C[C@@H](NC(C)=O)[C@H](c2ccc(C)o2)C1. The average molecular weight is 279 g/mol. The second-order valence-corrected chi connectivity index (χ2v) is 5.10. The fraction of sp³-hybridized carbons (Fsp3) is 0.571. The Morgan fingerprint density at radius 2 is 2.15 bits per heavy atom. The number of rotatable bonds is 3. The number of carbonyl (C=O) groups is 2. The molecule has 2 N–H and O–H groups in total. The second kappa shape index (κ2) is 5.98. The van der Waals surface area contributed by atoms with E-state index in [0.29, 0.717) is 19.6 Å². The number of amides is 3. The number of nitrogens with one attached hydrogen (secondary N) is 2. The Morgan fingerprint density at radius 3 is 2.70 bits per heavy atom. The van der Waals surface area contributed by atoms with Gasteiger partial charge in [0.25, 0.3) is 0 Å². The standard InChI is InChI=1S/C14H21N3O3/c1-4-15-14(19)17-7-11(12(8-17)16-10(3)18)13-6-5-9(2)20-13/h5-6,11-12H,4,7-8H2,1-3H3,(H,15,19)(H,16,18)/t11-,12-/m1/s1. The first-order valence-corrected chi connectivity index (χ1v) is 6.87. The van der Waals surface area contributed by atoms with E-state index in [1.54, 1.807) is 4.90 Å². The van der Waals surface area contributed by atoms with Gasteiger partial charge >= 0.3 is 6.03 Å². The first-order chi connectivity index (χ1) is 9.51. The summed E-state index contributed by atoms with van der Waals surface area (Å²) >= 11 is 0. The van der Waals surface area contributed by atoms with Crippen molar-refractivity contribution in [2.24, 2.45) is 0 Å². The third-order valence-electron chi connectivity index (χ3n) is 3.45. The molecule has 1 saturated heterocycles. The van der Waals surface area contributed by atoms with E-state index < -0.39 is 0 Å². The second-order valence-electron chi connectivity index (χ2n) is 5.10. The van der Waals surface area contributed by atoms with E-state index >= 15 is 0 Å². The van der Waals surface area contributed by atoms with Crippen molar-refractivity contribution in [3.05, 3.63) is 23.7 Å². The molecule has 3 amide bonds. The average Bonchev–Trinajstić information content (AvgIpc) is 2.95. The van der Waals surface area contributed by atoms with Crippen molar-refractivity contribution in [1.82, 2.24) is 15.5 Å². The normalized spacial score (nSPS) is 21.9. The van der Waals surface area contributed by atoms with Crippen molar-refractivity contribution < 1.29 is 14.0 Å². The molecular formula is C14H21N3O3. The quantitative estimate of drug-likeness (QED) is 0.873. The van der Waals surface area contributed by atoms with E-state index in [9.17, 15) is 9.59 Å². The van der Waals surface area contributed by atoms with Crippen LogP contribution >= 0.6 is 0 Å². The number of likely N-dealkylation sites (tertiary alicyclic amines) is 1. The van der Waals surface area contributed by atoms with E-state index in [4.69, 9.17) is 4.42 Å². The van der Waals surface area contributed by atoms with E-state index in [-0.39, 0.29) is 23.9 Å². The predicted octanol–water partition coefficient (Wildman–Crippen LogP) is 1.22. The summed E-state index contributed by atoms with van der Waals surface area (Å²) in [4.78, 5) is 25.0. The molecular weight excluding hydrogens is 258 g/mol. The zero-order valence-electron chi connectivity index (χ0n) is 12.1. The Kier molecular flexibility index (Phi) is 4.32. The molecule has 20 heavy (non-hydrogen) atoms. The van der Waals surface area contributed by atoms with Crippen LogP contribution in [0.1, 0.15) is 31.3 Å². The van der Waals surface area contributed by atoms with Crippen LogP contribution in [0.25, 0.3) is 0 Å². The molecule has 6 heteroatoms.